The normalized spacial score (nSPS) is 14.1. The molecule has 0 bridgehead atoms. The van der Waals surface area contributed by atoms with Crippen molar-refractivity contribution in [2.75, 3.05) is 17.2 Å². The van der Waals surface area contributed by atoms with Gasteiger partial charge in [-0.15, -0.1) is 11.3 Å². The molecule has 4 N–H and O–H groups in total. The number of ether oxygens (including phenoxy) is 1. The highest BCUT2D eigenvalue weighted by Crippen LogP contribution is 2.38. The van der Waals surface area contributed by atoms with E-state index >= 15 is 0 Å². The zero-order chi connectivity index (χ0) is 26.3. The molecule has 0 saturated heterocycles. The predicted octanol–water partition coefficient (Wildman–Crippen LogP) is 4.27. The van der Waals surface area contributed by atoms with Gasteiger partial charge in [-0.25, -0.2) is 4.79 Å². The topological polar surface area (TPSA) is 131 Å². The quantitative estimate of drug-likeness (QED) is 0.343. The molecule has 1 aromatic heterocycles. The first-order valence-electron chi connectivity index (χ1n) is 11.9. The number of esters is 1. The zero-order valence-corrected chi connectivity index (χ0v) is 21.2. The van der Waals surface area contributed by atoms with Gasteiger partial charge in [-0.2, -0.15) is 0 Å². The van der Waals surface area contributed by atoms with E-state index in [0.29, 0.717) is 40.9 Å². The van der Waals surface area contributed by atoms with E-state index in [-0.39, 0.29) is 30.4 Å². The molecular formula is C27H26N4O5S. The SMILES string of the molecule is CC(C)c1ccc(NC(=O)Nc2sc3c(c2C(N)=O)CCN(C(=O)c2ccc4c(c2)OC(=O)C4)C3)cc1. The molecule has 0 spiro atoms. The summed E-state index contributed by atoms with van der Waals surface area (Å²) in [5, 5.41) is 5.89. The first-order valence-corrected chi connectivity index (χ1v) is 12.8. The molecule has 2 aromatic carbocycles. The highest BCUT2D eigenvalue weighted by molar-refractivity contribution is 7.17. The summed E-state index contributed by atoms with van der Waals surface area (Å²) in [4.78, 5) is 52.2. The Labute approximate surface area is 217 Å². The second-order valence-electron chi connectivity index (χ2n) is 9.38. The fourth-order valence-corrected chi connectivity index (χ4v) is 5.83. The van der Waals surface area contributed by atoms with Gasteiger partial charge in [0.15, 0.2) is 0 Å². The number of nitrogens with zero attached hydrogens (tertiary/aromatic N) is 1. The van der Waals surface area contributed by atoms with Crippen LogP contribution >= 0.6 is 11.3 Å². The molecule has 3 aromatic rings. The van der Waals surface area contributed by atoms with Crippen molar-refractivity contribution in [1.82, 2.24) is 4.90 Å². The van der Waals surface area contributed by atoms with Crippen molar-refractivity contribution in [3.8, 4) is 5.75 Å². The number of hydrogen-bond donors (Lipinski definition) is 3. The number of carbonyl (C=O) groups is 4. The highest BCUT2D eigenvalue weighted by Gasteiger charge is 2.31. The lowest BCUT2D eigenvalue weighted by Gasteiger charge is -2.27. The molecule has 3 heterocycles. The minimum absolute atomic E-state index is 0.203. The molecular weight excluding hydrogens is 492 g/mol. The monoisotopic (exact) mass is 518 g/mol. The molecule has 9 nitrogen and oxygen atoms in total. The molecule has 2 aliphatic heterocycles. The maximum Gasteiger partial charge on any atom is 0.324 e. The largest absolute Gasteiger partial charge is 0.426 e. The lowest BCUT2D eigenvalue weighted by atomic mass is 10.0. The molecule has 5 rings (SSSR count). The second kappa shape index (κ2) is 9.70. The number of hydrogen-bond acceptors (Lipinski definition) is 6. The molecule has 0 fully saturated rings. The van der Waals surface area contributed by atoms with E-state index in [1.165, 1.54) is 11.3 Å². The van der Waals surface area contributed by atoms with Gasteiger partial charge in [0, 0.05) is 28.2 Å². The third kappa shape index (κ3) is 4.92. The number of anilines is 2. The average Bonchev–Trinajstić information content (AvgIpc) is 3.41. The molecule has 37 heavy (non-hydrogen) atoms. The fraction of sp³-hybridized carbons (Fsp3) is 0.259. The average molecular weight is 519 g/mol. The molecule has 4 amide bonds. The Morgan fingerprint density at radius 1 is 1.08 bits per heavy atom. The summed E-state index contributed by atoms with van der Waals surface area (Å²) in [5.41, 5.74) is 9.68. The van der Waals surface area contributed by atoms with Crippen LogP contribution in [0.2, 0.25) is 0 Å². The minimum Gasteiger partial charge on any atom is -0.426 e. The van der Waals surface area contributed by atoms with Gasteiger partial charge in [0.25, 0.3) is 11.8 Å². The van der Waals surface area contributed by atoms with E-state index in [4.69, 9.17) is 10.5 Å². The summed E-state index contributed by atoms with van der Waals surface area (Å²) in [5.74, 6) is -0.379. The van der Waals surface area contributed by atoms with Crippen LogP contribution in [-0.2, 0) is 24.2 Å². The van der Waals surface area contributed by atoms with Crippen molar-refractivity contribution < 1.29 is 23.9 Å². The number of nitrogens with two attached hydrogens (primary N) is 1. The number of primary amides is 1. The number of rotatable bonds is 5. The number of nitrogens with one attached hydrogen (secondary N) is 2. The fourth-order valence-electron chi connectivity index (χ4n) is 4.57. The number of benzene rings is 2. The van der Waals surface area contributed by atoms with Gasteiger partial charge in [0.1, 0.15) is 10.8 Å². The number of amides is 4. The van der Waals surface area contributed by atoms with E-state index < -0.39 is 11.9 Å². The molecule has 190 valence electrons. The second-order valence-corrected chi connectivity index (χ2v) is 10.5. The van der Waals surface area contributed by atoms with Crippen LogP contribution in [0.1, 0.15) is 62.0 Å². The van der Waals surface area contributed by atoms with Crippen molar-refractivity contribution in [2.24, 2.45) is 5.73 Å². The maximum absolute atomic E-state index is 13.2. The van der Waals surface area contributed by atoms with Gasteiger partial charge >= 0.3 is 12.0 Å². The molecule has 0 radical (unpaired) electrons. The van der Waals surface area contributed by atoms with Crippen molar-refractivity contribution in [3.63, 3.8) is 0 Å². The van der Waals surface area contributed by atoms with Crippen LogP contribution in [0.25, 0.3) is 0 Å². The predicted molar refractivity (Wildman–Crippen MR) is 140 cm³/mol. The number of thiophene rings is 1. The number of carbonyl (C=O) groups excluding carboxylic acids is 4. The van der Waals surface area contributed by atoms with E-state index in [1.54, 1.807) is 23.1 Å². The van der Waals surface area contributed by atoms with Crippen LogP contribution in [0.15, 0.2) is 42.5 Å². The van der Waals surface area contributed by atoms with E-state index in [9.17, 15) is 19.2 Å². The van der Waals surface area contributed by atoms with Crippen LogP contribution in [0.5, 0.6) is 5.75 Å². The van der Waals surface area contributed by atoms with E-state index in [2.05, 4.69) is 24.5 Å². The van der Waals surface area contributed by atoms with Crippen molar-refractivity contribution in [1.29, 1.82) is 0 Å². The Balaban J connectivity index is 1.31. The van der Waals surface area contributed by atoms with Gasteiger partial charge in [-0.05, 0) is 47.7 Å². The first kappa shape index (κ1) is 24.5. The van der Waals surface area contributed by atoms with Crippen molar-refractivity contribution in [2.45, 2.75) is 39.2 Å². The van der Waals surface area contributed by atoms with Gasteiger partial charge in [-0.1, -0.05) is 32.0 Å². The Morgan fingerprint density at radius 2 is 1.84 bits per heavy atom. The number of fused-ring (bicyclic) bond motifs is 2. The van der Waals surface area contributed by atoms with Crippen LogP contribution in [0.3, 0.4) is 0 Å². The lowest BCUT2D eigenvalue weighted by molar-refractivity contribution is -0.131. The van der Waals surface area contributed by atoms with Crippen LogP contribution < -0.4 is 21.1 Å². The Bertz CT molecular complexity index is 1430. The summed E-state index contributed by atoms with van der Waals surface area (Å²) in [7, 11) is 0. The third-order valence-electron chi connectivity index (χ3n) is 6.53. The molecule has 0 atom stereocenters. The zero-order valence-electron chi connectivity index (χ0n) is 20.4. The van der Waals surface area contributed by atoms with Gasteiger partial charge in [0.2, 0.25) is 0 Å². The van der Waals surface area contributed by atoms with Gasteiger partial charge in [0.05, 0.1) is 18.5 Å². The molecule has 0 saturated carbocycles. The summed E-state index contributed by atoms with van der Waals surface area (Å²) in [6, 6.07) is 12.1. The van der Waals surface area contributed by atoms with Crippen LogP contribution in [0, 0.1) is 0 Å². The molecule has 2 aliphatic rings. The minimum atomic E-state index is -0.630. The van der Waals surface area contributed by atoms with E-state index in [1.807, 2.05) is 24.3 Å². The summed E-state index contributed by atoms with van der Waals surface area (Å²) in [6.45, 7) is 4.84. The van der Waals surface area contributed by atoms with Crippen LogP contribution in [0.4, 0.5) is 15.5 Å². The van der Waals surface area contributed by atoms with Gasteiger partial charge < -0.3 is 20.7 Å². The Hall–Kier alpha value is -4.18. The third-order valence-corrected chi connectivity index (χ3v) is 7.66. The first-order chi connectivity index (χ1) is 17.7. The van der Waals surface area contributed by atoms with Gasteiger partial charge in [-0.3, -0.25) is 19.7 Å². The maximum atomic E-state index is 13.2. The number of urea groups is 1. The standard InChI is InChI=1S/C27H26N4O5S/c1-14(2)15-5-7-18(8-6-15)29-27(35)30-25-23(24(28)33)19-9-10-31(13-21(19)37-25)26(34)17-4-3-16-12-22(32)36-20(16)11-17/h3-8,11,14H,9-10,12-13H2,1-2H3,(H2,28,33)(H2,29,30,35). The molecule has 0 unspecified atom stereocenters. The summed E-state index contributed by atoms with van der Waals surface area (Å²) < 4.78 is 5.18. The lowest BCUT2D eigenvalue weighted by Crippen LogP contribution is -2.36. The Kier molecular flexibility index (Phi) is 6.43. The highest BCUT2D eigenvalue weighted by atomic mass is 32.1. The summed E-state index contributed by atoms with van der Waals surface area (Å²) in [6.07, 6.45) is 0.629. The Morgan fingerprint density at radius 3 is 2.54 bits per heavy atom. The smallest absolute Gasteiger partial charge is 0.324 e. The molecule has 0 aliphatic carbocycles. The van der Waals surface area contributed by atoms with E-state index in [0.717, 1.165) is 21.6 Å². The van der Waals surface area contributed by atoms with Crippen molar-refractivity contribution in [3.05, 3.63) is 75.2 Å². The van der Waals surface area contributed by atoms with Crippen LogP contribution in [-0.4, -0.2) is 35.3 Å². The van der Waals surface area contributed by atoms with Crippen molar-refractivity contribution >= 4 is 45.8 Å². The molecule has 10 heteroatoms. The summed E-state index contributed by atoms with van der Waals surface area (Å²) >= 11 is 1.24.